The normalized spacial score (nSPS) is 10.8. The summed E-state index contributed by atoms with van der Waals surface area (Å²) in [6.45, 7) is 0. The minimum atomic E-state index is -2.98. The molecule has 2 N–H and O–H groups in total. The van der Waals surface area contributed by atoms with Gasteiger partial charge in [0, 0.05) is 7.05 Å². The van der Waals surface area contributed by atoms with Crippen LogP contribution in [0.25, 0.3) is 5.69 Å². The Bertz CT molecular complexity index is 772. The Morgan fingerprint density at radius 2 is 2.10 bits per heavy atom. The van der Waals surface area contributed by atoms with Crippen LogP contribution in [0.5, 0.6) is 0 Å². The molecule has 1 heterocycles. The maximum absolute atomic E-state index is 13.8. The van der Waals surface area contributed by atoms with Gasteiger partial charge in [-0.15, -0.1) is 5.10 Å². The molecular formula is C11H8F3N5O. The van der Waals surface area contributed by atoms with E-state index in [4.69, 9.17) is 11.0 Å². The molecule has 0 amide bonds. The highest BCUT2D eigenvalue weighted by Crippen LogP contribution is 2.21. The number of alkyl halides is 2. The summed E-state index contributed by atoms with van der Waals surface area (Å²) in [7, 11) is 1.10. The van der Waals surface area contributed by atoms with E-state index in [0.29, 0.717) is 9.25 Å². The molecule has 0 saturated heterocycles. The van der Waals surface area contributed by atoms with Crippen molar-refractivity contribution in [1.29, 1.82) is 5.26 Å². The van der Waals surface area contributed by atoms with Crippen LogP contribution in [-0.2, 0) is 7.05 Å². The first-order valence-electron chi connectivity index (χ1n) is 5.30. The van der Waals surface area contributed by atoms with Crippen LogP contribution >= 0.6 is 0 Å². The third-order valence-electron chi connectivity index (χ3n) is 2.68. The third-order valence-corrected chi connectivity index (χ3v) is 2.68. The fourth-order valence-corrected chi connectivity index (χ4v) is 1.64. The van der Waals surface area contributed by atoms with Gasteiger partial charge in [-0.2, -0.15) is 9.94 Å². The second-order valence-electron chi connectivity index (χ2n) is 3.91. The smallest absolute Gasteiger partial charge is 0.350 e. The van der Waals surface area contributed by atoms with Crippen LogP contribution in [0.3, 0.4) is 0 Å². The monoisotopic (exact) mass is 283 g/mol. The summed E-state index contributed by atoms with van der Waals surface area (Å²) in [5.41, 5.74) is 3.97. The van der Waals surface area contributed by atoms with E-state index in [1.54, 1.807) is 6.07 Å². The van der Waals surface area contributed by atoms with E-state index in [-0.39, 0.29) is 11.3 Å². The summed E-state index contributed by atoms with van der Waals surface area (Å²) in [5.74, 6) is -1.76. The third kappa shape index (κ3) is 2.01. The Kier molecular flexibility index (Phi) is 3.23. The molecule has 1 aromatic heterocycles. The maximum Gasteiger partial charge on any atom is 0.350 e. The second kappa shape index (κ2) is 4.73. The number of aromatic nitrogens is 3. The van der Waals surface area contributed by atoms with Gasteiger partial charge < -0.3 is 5.73 Å². The van der Waals surface area contributed by atoms with E-state index in [1.807, 2.05) is 0 Å². The van der Waals surface area contributed by atoms with Gasteiger partial charge in [0.25, 0.3) is 6.43 Å². The minimum Gasteiger partial charge on any atom is -0.398 e. The fourth-order valence-electron chi connectivity index (χ4n) is 1.64. The predicted molar refractivity (Wildman–Crippen MR) is 62.8 cm³/mol. The number of nitrogen functional groups attached to an aromatic ring is 1. The molecule has 20 heavy (non-hydrogen) atoms. The highest BCUT2D eigenvalue weighted by molar-refractivity contribution is 5.59. The van der Waals surface area contributed by atoms with E-state index >= 15 is 0 Å². The first-order chi connectivity index (χ1) is 9.36. The molecule has 2 rings (SSSR count). The van der Waals surface area contributed by atoms with Gasteiger partial charge in [0.2, 0.25) is 5.82 Å². The quantitative estimate of drug-likeness (QED) is 0.836. The number of nitrogens with two attached hydrogens (primary N) is 1. The van der Waals surface area contributed by atoms with Gasteiger partial charge in [0.15, 0.2) is 5.82 Å². The number of hydrogen-bond donors (Lipinski definition) is 1. The van der Waals surface area contributed by atoms with Crippen molar-refractivity contribution < 1.29 is 13.2 Å². The standard InChI is InChI=1S/C11H8F3N5O/c1-18-10(9(13)14)17-19(11(18)20)8-3-7(16)5(4-15)2-6(8)12/h2-3,9H,16H2,1H3. The molecular weight excluding hydrogens is 275 g/mol. The number of hydrogen-bond acceptors (Lipinski definition) is 4. The summed E-state index contributed by atoms with van der Waals surface area (Å²) >= 11 is 0. The molecule has 0 aliphatic heterocycles. The van der Waals surface area contributed by atoms with Gasteiger partial charge in [-0.1, -0.05) is 0 Å². The lowest BCUT2D eigenvalue weighted by Crippen LogP contribution is -2.23. The summed E-state index contributed by atoms with van der Waals surface area (Å²) < 4.78 is 40.2. The molecule has 9 heteroatoms. The minimum absolute atomic E-state index is 0.0833. The van der Waals surface area contributed by atoms with E-state index in [9.17, 15) is 18.0 Å². The van der Waals surface area contributed by atoms with Gasteiger partial charge in [-0.3, -0.25) is 4.57 Å². The van der Waals surface area contributed by atoms with Crippen molar-refractivity contribution in [2.45, 2.75) is 6.43 Å². The van der Waals surface area contributed by atoms with Crippen molar-refractivity contribution in [2.24, 2.45) is 7.05 Å². The van der Waals surface area contributed by atoms with Crippen molar-refractivity contribution in [3.05, 3.63) is 39.8 Å². The lowest BCUT2D eigenvalue weighted by Gasteiger charge is -2.04. The number of benzene rings is 1. The van der Waals surface area contributed by atoms with Gasteiger partial charge in [0.1, 0.15) is 11.8 Å². The van der Waals surface area contributed by atoms with Crippen LogP contribution in [0.2, 0.25) is 0 Å². The van der Waals surface area contributed by atoms with E-state index in [1.165, 1.54) is 0 Å². The maximum atomic E-state index is 13.8. The Morgan fingerprint density at radius 1 is 1.45 bits per heavy atom. The highest BCUT2D eigenvalue weighted by Gasteiger charge is 2.21. The van der Waals surface area contributed by atoms with Crippen LogP contribution < -0.4 is 11.4 Å². The number of anilines is 1. The van der Waals surface area contributed by atoms with Crippen LogP contribution in [0, 0.1) is 17.1 Å². The number of halogens is 3. The van der Waals surface area contributed by atoms with Crippen molar-refractivity contribution in [1.82, 2.24) is 14.3 Å². The highest BCUT2D eigenvalue weighted by atomic mass is 19.3. The lowest BCUT2D eigenvalue weighted by molar-refractivity contribution is 0.136. The SMILES string of the molecule is Cn1c(C(F)F)nn(-c2cc(N)c(C#N)cc2F)c1=O. The summed E-state index contributed by atoms with van der Waals surface area (Å²) in [6.07, 6.45) is -2.98. The Hall–Kier alpha value is -2.76. The molecule has 0 aliphatic rings. The van der Waals surface area contributed by atoms with Gasteiger partial charge >= 0.3 is 5.69 Å². The molecule has 0 spiro atoms. The first kappa shape index (κ1) is 13.7. The molecule has 0 radical (unpaired) electrons. The molecule has 104 valence electrons. The molecule has 1 aromatic carbocycles. The Balaban J connectivity index is 2.70. The van der Waals surface area contributed by atoms with Crippen LogP contribution in [-0.4, -0.2) is 14.3 Å². The summed E-state index contributed by atoms with van der Waals surface area (Å²) in [6, 6.07) is 3.48. The molecule has 0 fully saturated rings. The molecule has 0 saturated carbocycles. The fraction of sp³-hybridized carbons (Fsp3) is 0.182. The van der Waals surface area contributed by atoms with E-state index < -0.39 is 29.4 Å². The zero-order chi connectivity index (χ0) is 15.0. The lowest BCUT2D eigenvalue weighted by atomic mass is 10.1. The Labute approximate surface area is 110 Å². The number of nitriles is 1. The predicted octanol–water partition coefficient (Wildman–Crippen LogP) is 1.10. The van der Waals surface area contributed by atoms with E-state index in [0.717, 1.165) is 19.2 Å². The average Bonchev–Trinajstić information content (AvgIpc) is 2.69. The first-order valence-corrected chi connectivity index (χ1v) is 5.30. The topological polar surface area (TPSA) is 89.6 Å². The Morgan fingerprint density at radius 3 is 2.60 bits per heavy atom. The van der Waals surface area contributed by atoms with Crippen molar-refractivity contribution in [3.8, 4) is 11.8 Å². The molecule has 0 atom stereocenters. The van der Waals surface area contributed by atoms with Gasteiger partial charge in [-0.05, 0) is 12.1 Å². The largest absolute Gasteiger partial charge is 0.398 e. The van der Waals surface area contributed by atoms with Crippen molar-refractivity contribution in [3.63, 3.8) is 0 Å². The number of rotatable bonds is 2. The molecule has 0 bridgehead atoms. The summed E-state index contributed by atoms with van der Waals surface area (Å²) in [4.78, 5) is 11.8. The second-order valence-corrected chi connectivity index (χ2v) is 3.91. The van der Waals surface area contributed by atoms with Crippen LogP contribution in [0.1, 0.15) is 17.8 Å². The zero-order valence-electron chi connectivity index (χ0n) is 10.1. The molecule has 2 aromatic rings. The van der Waals surface area contributed by atoms with E-state index in [2.05, 4.69) is 5.10 Å². The van der Waals surface area contributed by atoms with Crippen LogP contribution in [0.15, 0.2) is 16.9 Å². The number of nitrogens with zero attached hydrogens (tertiary/aromatic N) is 4. The summed E-state index contributed by atoms with van der Waals surface area (Å²) in [5, 5.41) is 12.1. The van der Waals surface area contributed by atoms with Gasteiger partial charge in [0.05, 0.1) is 11.3 Å². The van der Waals surface area contributed by atoms with Crippen molar-refractivity contribution in [2.75, 3.05) is 5.73 Å². The average molecular weight is 283 g/mol. The zero-order valence-corrected chi connectivity index (χ0v) is 10.1. The van der Waals surface area contributed by atoms with Crippen molar-refractivity contribution >= 4 is 5.69 Å². The molecule has 6 nitrogen and oxygen atoms in total. The van der Waals surface area contributed by atoms with Crippen LogP contribution in [0.4, 0.5) is 18.9 Å². The molecule has 0 aliphatic carbocycles. The molecule has 0 unspecified atom stereocenters. The van der Waals surface area contributed by atoms with Gasteiger partial charge in [-0.25, -0.2) is 18.0 Å².